The van der Waals surface area contributed by atoms with Gasteiger partial charge in [-0.25, -0.2) is 4.39 Å². The molecule has 1 N–H and O–H groups in total. The molecule has 0 aliphatic heterocycles. The fourth-order valence-electron chi connectivity index (χ4n) is 1.40. The van der Waals surface area contributed by atoms with Gasteiger partial charge in [-0.3, -0.25) is 4.55 Å². The number of unbranched alkanes of at least 4 members (excludes halogenated alkanes) is 1. The highest BCUT2D eigenvalue weighted by Crippen LogP contribution is 2.34. The second-order valence-electron chi connectivity index (χ2n) is 3.88. The summed E-state index contributed by atoms with van der Waals surface area (Å²) in [5.74, 6) is -1.72. The van der Waals surface area contributed by atoms with Crippen LogP contribution in [0, 0.1) is 5.92 Å². The molecule has 0 heterocycles. The second-order valence-corrected chi connectivity index (χ2v) is 5.42. The van der Waals surface area contributed by atoms with Crippen molar-refractivity contribution >= 4 is 10.1 Å². The van der Waals surface area contributed by atoms with E-state index >= 15 is 0 Å². The van der Waals surface area contributed by atoms with Crippen molar-refractivity contribution in [3.05, 3.63) is 0 Å². The maximum atomic E-state index is 12.8. The van der Waals surface area contributed by atoms with Gasteiger partial charge in [0.1, 0.15) is 0 Å². The molecule has 0 aliphatic rings. The number of rotatable bonds is 7. The van der Waals surface area contributed by atoms with Crippen LogP contribution in [0.4, 0.5) is 17.6 Å². The van der Waals surface area contributed by atoms with Crippen molar-refractivity contribution in [3.8, 4) is 0 Å². The molecule has 0 aromatic rings. The Morgan fingerprint density at radius 1 is 1.18 bits per heavy atom. The third-order valence-electron chi connectivity index (χ3n) is 2.43. The maximum Gasteiger partial charge on any atom is 0.391 e. The quantitative estimate of drug-likeness (QED) is 0.575. The summed E-state index contributed by atoms with van der Waals surface area (Å²) in [5, 5.41) is 0. The largest absolute Gasteiger partial charge is 0.391 e. The number of halogens is 4. The summed E-state index contributed by atoms with van der Waals surface area (Å²) < 4.78 is 79.1. The minimum Gasteiger partial charge on any atom is -0.283 e. The fraction of sp³-hybridized carbons (Fsp3) is 1.00. The summed E-state index contributed by atoms with van der Waals surface area (Å²) in [7, 11) is -4.90. The van der Waals surface area contributed by atoms with Gasteiger partial charge in [-0.15, -0.1) is 0 Å². The summed E-state index contributed by atoms with van der Waals surface area (Å²) in [5.41, 5.74) is -2.64. The molecule has 104 valence electrons. The molecule has 0 aromatic carbocycles. The minimum atomic E-state index is -4.90. The molecule has 0 aromatic heterocycles. The van der Waals surface area contributed by atoms with Gasteiger partial charge in [-0.05, 0) is 19.3 Å². The van der Waals surface area contributed by atoms with Crippen LogP contribution in [0.15, 0.2) is 0 Å². The Morgan fingerprint density at radius 2 is 1.71 bits per heavy atom. The van der Waals surface area contributed by atoms with E-state index in [4.69, 9.17) is 4.55 Å². The van der Waals surface area contributed by atoms with E-state index in [0.29, 0.717) is 12.8 Å². The Kier molecular flexibility index (Phi) is 6.39. The number of hydrogen-bond acceptors (Lipinski definition) is 2. The molecule has 0 bridgehead atoms. The third-order valence-corrected chi connectivity index (χ3v) is 3.32. The van der Waals surface area contributed by atoms with Crippen LogP contribution in [0.25, 0.3) is 0 Å². The van der Waals surface area contributed by atoms with Crippen LogP contribution in [0.1, 0.15) is 39.0 Å². The van der Waals surface area contributed by atoms with Gasteiger partial charge >= 0.3 is 6.18 Å². The van der Waals surface area contributed by atoms with Crippen molar-refractivity contribution in [1.82, 2.24) is 0 Å². The molecule has 0 rings (SSSR count). The molecular formula is C9H16F4O3S. The van der Waals surface area contributed by atoms with Crippen LogP contribution >= 0.6 is 0 Å². The van der Waals surface area contributed by atoms with Crippen molar-refractivity contribution in [3.63, 3.8) is 0 Å². The highest BCUT2D eigenvalue weighted by Gasteiger charge is 2.39. The average molecular weight is 280 g/mol. The van der Waals surface area contributed by atoms with Gasteiger partial charge in [-0.2, -0.15) is 21.6 Å². The van der Waals surface area contributed by atoms with E-state index in [2.05, 4.69) is 0 Å². The zero-order valence-corrected chi connectivity index (χ0v) is 10.2. The molecule has 0 aliphatic carbocycles. The van der Waals surface area contributed by atoms with Gasteiger partial charge in [0.15, 0.2) is 0 Å². The Labute approximate surface area is 97.9 Å². The normalized spacial score (nSPS) is 16.8. The number of alkyl halides is 4. The SMILES string of the molecule is CCCCC(CCC(F)S(=O)(=O)O)C(F)(F)F. The molecule has 17 heavy (non-hydrogen) atoms. The topological polar surface area (TPSA) is 54.4 Å². The van der Waals surface area contributed by atoms with Crippen molar-refractivity contribution in [1.29, 1.82) is 0 Å². The summed E-state index contributed by atoms with van der Waals surface area (Å²) in [6.07, 6.45) is -5.18. The van der Waals surface area contributed by atoms with Gasteiger partial charge in [-0.1, -0.05) is 19.8 Å². The molecule has 0 radical (unpaired) electrons. The van der Waals surface area contributed by atoms with Crippen LogP contribution in [0.3, 0.4) is 0 Å². The average Bonchev–Trinajstić information content (AvgIpc) is 2.13. The van der Waals surface area contributed by atoms with Crippen LogP contribution in [-0.4, -0.2) is 24.7 Å². The van der Waals surface area contributed by atoms with Gasteiger partial charge in [0.2, 0.25) is 5.50 Å². The highest BCUT2D eigenvalue weighted by molar-refractivity contribution is 7.86. The van der Waals surface area contributed by atoms with E-state index in [0.717, 1.165) is 0 Å². The maximum absolute atomic E-state index is 12.8. The lowest BCUT2D eigenvalue weighted by molar-refractivity contribution is -0.179. The Balaban J connectivity index is 4.36. The Morgan fingerprint density at radius 3 is 2.06 bits per heavy atom. The molecule has 2 unspecified atom stereocenters. The molecular weight excluding hydrogens is 264 g/mol. The van der Waals surface area contributed by atoms with Gasteiger partial charge in [0, 0.05) is 0 Å². The van der Waals surface area contributed by atoms with Gasteiger partial charge < -0.3 is 0 Å². The Hall–Kier alpha value is -0.370. The molecule has 0 fully saturated rings. The molecule has 8 heteroatoms. The monoisotopic (exact) mass is 280 g/mol. The first-order valence-electron chi connectivity index (χ1n) is 5.26. The third kappa shape index (κ3) is 6.82. The van der Waals surface area contributed by atoms with E-state index in [1.165, 1.54) is 0 Å². The van der Waals surface area contributed by atoms with Gasteiger partial charge in [0.05, 0.1) is 5.92 Å². The first-order valence-corrected chi connectivity index (χ1v) is 6.76. The fourth-order valence-corrected chi connectivity index (χ4v) is 1.84. The van der Waals surface area contributed by atoms with E-state index in [1.807, 2.05) is 0 Å². The lowest BCUT2D eigenvalue weighted by Crippen LogP contribution is -2.25. The minimum absolute atomic E-state index is 0.155. The smallest absolute Gasteiger partial charge is 0.283 e. The summed E-state index contributed by atoms with van der Waals surface area (Å²) >= 11 is 0. The molecule has 2 atom stereocenters. The molecule has 0 spiro atoms. The Bertz CT molecular complexity index is 313. The van der Waals surface area contributed by atoms with E-state index in [1.54, 1.807) is 6.92 Å². The van der Waals surface area contributed by atoms with Crippen molar-refractivity contribution in [2.24, 2.45) is 5.92 Å². The first-order chi connectivity index (χ1) is 7.59. The van der Waals surface area contributed by atoms with E-state index in [-0.39, 0.29) is 6.42 Å². The predicted octanol–water partition coefficient (Wildman–Crippen LogP) is 3.32. The zero-order valence-electron chi connectivity index (χ0n) is 9.37. The second kappa shape index (κ2) is 6.53. The van der Waals surface area contributed by atoms with Crippen molar-refractivity contribution < 1.29 is 30.5 Å². The lowest BCUT2D eigenvalue weighted by atomic mass is 9.96. The number of hydrogen-bond donors (Lipinski definition) is 1. The lowest BCUT2D eigenvalue weighted by Gasteiger charge is -2.20. The van der Waals surface area contributed by atoms with Crippen LogP contribution in [0.2, 0.25) is 0 Å². The zero-order chi connectivity index (χ0) is 13.7. The van der Waals surface area contributed by atoms with E-state index in [9.17, 15) is 26.0 Å². The van der Waals surface area contributed by atoms with Crippen LogP contribution in [0.5, 0.6) is 0 Å². The molecule has 3 nitrogen and oxygen atoms in total. The summed E-state index contributed by atoms with van der Waals surface area (Å²) in [6.45, 7) is 1.73. The molecule has 0 amide bonds. The van der Waals surface area contributed by atoms with Crippen molar-refractivity contribution in [2.45, 2.75) is 50.7 Å². The van der Waals surface area contributed by atoms with E-state index < -0.39 is 40.6 Å². The predicted molar refractivity (Wildman–Crippen MR) is 54.7 cm³/mol. The standard InChI is InChI=1S/C9H16F4O3S/c1-2-3-4-7(9(11,12)13)5-6-8(10)17(14,15)16/h7-8H,2-6H2,1H3,(H,14,15,16). The highest BCUT2D eigenvalue weighted by atomic mass is 32.2. The summed E-state index contributed by atoms with van der Waals surface area (Å²) in [4.78, 5) is 0. The molecule has 0 saturated heterocycles. The van der Waals surface area contributed by atoms with Crippen LogP contribution in [-0.2, 0) is 10.1 Å². The summed E-state index contributed by atoms with van der Waals surface area (Å²) in [6, 6.07) is 0. The van der Waals surface area contributed by atoms with Gasteiger partial charge in [0.25, 0.3) is 10.1 Å². The van der Waals surface area contributed by atoms with Crippen molar-refractivity contribution in [2.75, 3.05) is 0 Å². The first kappa shape index (κ1) is 16.6. The van der Waals surface area contributed by atoms with Crippen LogP contribution < -0.4 is 0 Å². The molecule has 0 saturated carbocycles.